The molecule has 0 unspecified atom stereocenters. The van der Waals surface area contributed by atoms with E-state index in [9.17, 15) is 4.39 Å². The van der Waals surface area contributed by atoms with Crippen LogP contribution in [-0.4, -0.2) is 5.12 Å². The first-order valence-electron chi connectivity index (χ1n) is 0.893. The number of hydrogen-bond acceptors (Lipinski definition) is 1. The van der Waals surface area contributed by atoms with E-state index in [2.05, 4.69) is 12.2 Å². The summed E-state index contributed by atoms with van der Waals surface area (Å²) >= 11 is 3.87. The fourth-order valence-corrected chi connectivity index (χ4v) is 0. The normalized spacial score (nSPS) is 6.50. The molecule has 4 heavy (non-hydrogen) atoms. The summed E-state index contributed by atoms with van der Waals surface area (Å²) in [5, 5.41) is -0.500. The quantitative estimate of drug-likeness (QED) is 0.311. The minimum absolute atomic E-state index is 0.500. The highest BCUT2D eigenvalue weighted by molar-refractivity contribution is 7.80. The molecule has 0 spiro atoms. The molecular weight excluding hydrogens is 75.1 g/mol. The molecule has 0 aliphatic rings. The van der Waals surface area contributed by atoms with Gasteiger partial charge in [0, 0.05) is 0 Å². The minimum atomic E-state index is -0.500. The van der Waals surface area contributed by atoms with E-state index in [0.29, 0.717) is 0 Å². The van der Waals surface area contributed by atoms with Gasteiger partial charge in [-0.15, -0.1) is 0 Å². The monoisotopic (exact) mass is 78.0 g/mol. The van der Waals surface area contributed by atoms with Crippen molar-refractivity contribution >= 4 is 17.3 Å². The SMILES string of the molecule is CC(F)=S. The lowest BCUT2D eigenvalue weighted by atomic mass is 10.9. The van der Waals surface area contributed by atoms with E-state index in [4.69, 9.17) is 0 Å². The van der Waals surface area contributed by atoms with Crippen LogP contribution in [0.15, 0.2) is 0 Å². The summed E-state index contributed by atoms with van der Waals surface area (Å²) in [4.78, 5) is 0. The van der Waals surface area contributed by atoms with Crippen molar-refractivity contribution in [2.45, 2.75) is 6.92 Å². The Bertz CT molecular complexity index is 29.0. The number of hydrogen-bond donors (Lipinski definition) is 0. The molecule has 0 aliphatic heterocycles. The van der Waals surface area contributed by atoms with E-state index in [-0.39, 0.29) is 0 Å². The number of halogens is 1. The lowest BCUT2D eigenvalue weighted by molar-refractivity contribution is 0.824. The van der Waals surface area contributed by atoms with Gasteiger partial charge in [0.2, 0.25) is 0 Å². The van der Waals surface area contributed by atoms with Gasteiger partial charge in [0.05, 0.1) is 0 Å². The number of thiocarbonyl (C=S) groups is 1. The van der Waals surface area contributed by atoms with E-state index < -0.39 is 5.12 Å². The third-order valence-electron chi connectivity index (χ3n) is 0. The maximum absolute atomic E-state index is 10.7. The molecule has 0 radical (unpaired) electrons. The first kappa shape index (κ1) is 4.02. The van der Waals surface area contributed by atoms with Crippen molar-refractivity contribution in [2.24, 2.45) is 0 Å². The smallest absolute Gasteiger partial charge is 0.159 e. The van der Waals surface area contributed by atoms with Gasteiger partial charge in [-0.1, -0.05) is 12.2 Å². The molecule has 0 aromatic heterocycles. The Kier molecular flexibility index (Phi) is 1.36. The van der Waals surface area contributed by atoms with E-state index in [1.165, 1.54) is 6.92 Å². The Hall–Kier alpha value is 0.0200. The fourth-order valence-electron chi connectivity index (χ4n) is 0. The van der Waals surface area contributed by atoms with Gasteiger partial charge >= 0.3 is 0 Å². The summed E-state index contributed by atoms with van der Waals surface area (Å²) < 4.78 is 10.7. The summed E-state index contributed by atoms with van der Waals surface area (Å²) in [6, 6.07) is 0. The van der Waals surface area contributed by atoms with Crippen LogP contribution in [0.5, 0.6) is 0 Å². The van der Waals surface area contributed by atoms with Crippen molar-refractivity contribution in [2.75, 3.05) is 0 Å². The molecule has 0 saturated carbocycles. The lowest BCUT2D eigenvalue weighted by Gasteiger charge is -1.55. The highest BCUT2D eigenvalue weighted by atomic mass is 32.1. The molecular formula is C2H3FS. The maximum atomic E-state index is 10.7. The van der Waals surface area contributed by atoms with Crippen molar-refractivity contribution in [1.29, 1.82) is 0 Å². The Morgan fingerprint density at radius 2 is 2.00 bits per heavy atom. The third-order valence-corrected chi connectivity index (χ3v) is 0. The average Bonchev–Trinajstić information content (AvgIpc) is 0.811. The van der Waals surface area contributed by atoms with Crippen molar-refractivity contribution in [3.63, 3.8) is 0 Å². The largest absolute Gasteiger partial charge is 0.200 e. The summed E-state index contributed by atoms with van der Waals surface area (Å²) in [5.74, 6) is 0. The van der Waals surface area contributed by atoms with Crippen molar-refractivity contribution < 1.29 is 4.39 Å². The van der Waals surface area contributed by atoms with Crippen LogP contribution in [0.3, 0.4) is 0 Å². The van der Waals surface area contributed by atoms with Crippen LogP contribution in [0.2, 0.25) is 0 Å². The van der Waals surface area contributed by atoms with Gasteiger partial charge in [-0.25, -0.2) is 0 Å². The first-order valence-corrected chi connectivity index (χ1v) is 1.30. The van der Waals surface area contributed by atoms with Crippen LogP contribution in [0.25, 0.3) is 0 Å². The molecule has 0 N–H and O–H groups in total. The van der Waals surface area contributed by atoms with Gasteiger partial charge in [-0.2, -0.15) is 4.39 Å². The van der Waals surface area contributed by atoms with E-state index in [1.54, 1.807) is 0 Å². The van der Waals surface area contributed by atoms with Gasteiger partial charge in [-0.05, 0) is 6.92 Å². The van der Waals surface area contributed by atoms with Gasteiger partial charge in [-0.3, -0.25) is 0 Å². The summed E-state index contributed by atoms with van der Waals surface area (Å²) in [6.45, 7) is 1.23. The molecule has 0 aromatic rings. The fraction of sp³-hybridized carbons (Fsp3) is 0.500. The first-order chi connectivity index (χ1) is 1.73. The van der Waals surface area contributed by atoms with Crippen LogP contribution >= 0.6 is 12.2 Å². The van der Waals surface area contributed by atoms with Crippen LogP contribution in [0, 0.1) is 0 Å². The standard InChI is InChI=1S/C2H3FS/c1-2(3)4/h1H3. The second-order valence-corrected chi connectivity index (χ2v) is 1.03. The Morgan fingerprint density at radius 1 is 2.00 bits per heavy atom. The molecule has 0 aromatic carbocycles. The van der Waals surface area contributed by atoms with Crippen LogP contribution in [-0.2, 0) is 0 Å². The summed E-state index contributed by atoms with van der Waals surface area (Å²) in [6.07, 6.45) is 0. The van der Waals surface area contributed by atoms with E-state index >= 15 is 0 Å². The predicted octanol–water partition coefficient (Wildman–Crippen LogP) is 1.30. The molecule has 0 amide bonds. The maximum Gasteiger partial charge on any atom is 0.159 e. The average molecular weight is 78.1 g/mol. The van der Waals surface area contributed by atoms with Gasteiger partial charge in [0.1, 0.15) is 0 Å². The zero-order valence-corrected chi connectivity index (χ0v) is 3.10. The summed E-state index contributed by atoms with van der Waals surface area (Å²) in [7, 11) is 0. The molecule has 0 nitrogen and oxygen atoms in total. The second kappa shape index (κ2) is 1.35. The van der Waals surface area contributed by atoms with Gasteiger partial charge < -0.3 is 0 Å². The van der Waals surface area contributed by atoms with Crippen LogP contribution in [0.1, 0.15) is 6.92 Å². The Balaban J connectivity index is 2.80. The molecule has 0 atom stereocenters. The Morgan fingerprint density at radius 3 is 2.00 bits per heavy atom. The minimum Gasteiger partial charge on any atom is -0.200 e. The highest BCUT2D eigenvalue weighted by Gasteiger charge is 1.62. The molecule has 24 valence electrons. The highest BCUT2D eigenvalue weighted by Crippen LogP contribution is 1.67. The summed E-state index contributed by atoms with van der Waals surface area (Å²) in [5.41, 5.74) is 0. The number of rotatable bonds is 0. The van der Waals surface area contributed by atoms with Crippen molar-refractivity contribution in [3.05, 3.63) is 0 Å². The molecule has 2 heteroatoms. The Labute approximate surface area is 29.6 Å². The van der Waals surface area contributed by atoms with Crippen molar-refractivity contribution in [1.82, 2.24) is 0 Å². The van der Waals surface area contributed by atoms with E-state index in [0.717, 1.165) is 0 Å². The molecule has 0 aliphatic carbocycles. The zero-order chi connectivity index (χ0) is 3.58. The third kappa shape index (κ3) is 5250. The van der Waals surface area contributed by atoms with Crippen molar-refractivity contribution in [3.8, 4) is 0 Å². The molecule has 0 heterocycles. The predicted molar refractivity (Wildman–Crippen MR) is 19.4 cm³/mol. The molecule has 0 bridgehead atoms. The second-order valence-electron chi connectivity index (χ2n) is 0.470. The molecule has 0 rings (SSSR count). The zero-order valence-electron chi connectivity index (χ0n) is 2.29. The van der Waals surface area contributed by atoms with Gasteiger partial charge in [0.25, 0.3) is 0 Å². The van der Waals surface area contributed by atoms with Crippen LogP contribution < -0.4 is 0 Å². The lowest BCUT2D eigenvalue weighted by Crippen LogP contribution is -1.58. The van der Waals surface area contributed by atoms with Crippen LogP contribution in [0.4, 0.5) is 4.39 Å². The van der Waals surface area contributed by atoms with E-state index in [1.807, 2.05) is 0 Å². The molecule has 0 saturated heterocycles. The molecule has 0 fully saturated rings. The topological polar surface area (TPSA) is 0 Å². The van der Waals surface area contributed by atoms with Gasteiger partial charge in [0.15, 0.2) is 5.12 Å².